The summed E-state index contributed by atoms with van der Waals surface area (Å²) in [6.45, 7) is 0.789. The Labute approximate surface area is 100 Å². The Hall–Kier alpha value is -1.22. The van der Waals surface area contributed by atoms with Crippen molar-refractivity contribution in [3.8, 4) is 0 Å². The van der Waals surface area contributed by atoms with E-state index in [-0.39, 0.29) is 11.9 Å². The Morgan fingerprint density at radius 1 is 1.25 bits per heavy atom. The lowest BCUT2D eigenvalue weighted by Crippen LogP contribution is -2.37. The number of anilines is 1. The highest BCUT2D eigenvalue weighted by atomic mass is 35.5. The normalized spacial score (nSPS) is 21.1. The highest BCUT2D eigenvalue weighted by Gasteiger charge is 2.19. The number of benzene rings is 1. The fourth-order valence-electron chi connectivity index (χ4n) is 1.82. The standard InChI is InChI=1S/C12H15ClN2O/c13-9-4-6-10(7-5-9)15-11-3-1-2-8-14-12(11)16/h4-7,11,15H,1-3,8H2,(H,14,16). The van der Waals surface area contributed by atoms with Gasteiger partial charge in [0.05, 0.1) is 0 Å². The molecule has 1 aromatic carbocycles. The number of hydrogen-bond acceptors (Lipinski definition) is 2. The summed E-state index contributed by atoms with van der Waals surface area (Å²) in [4.78, 5) is 11.7. The summed E-state index contributed by atoms with van der Waals surface area (Å²) in [6.07, 6.45) is 3.02. The first kappa shape index (κ1) is 11.3. The van der Waals surface area contributed by atoms with E-state index in [1.165, 1.54) is 0 Å². The van der Waals surface area contributed by atoms with Crippen LogP contribution in [0.5, 0.6) is 0 Å². The lowest BCUT2D eigenvalue weighted by Gasteiger charge is -2.16. The van der Waals surface area contributed by atoms with Crippen LogP contribution in [-0.4, -0.2) is 18.5 Å². The van der Waals surface area contributed by atoms with Gasteiger partial charge in [0.15, 0.2) is 0 Å². The van der Waals surface area contributed by atoms with Gasteiger partial charge in [-0.25, -0.2) is 0 Å². The number of nitrogens with one attached hydrogen (secondary N) is 2. The number of hydrogen-bond donors (Lipinski definition) is 2. The maximum atomic E-state index is 11.7. The van der Waals surface area contributed by atoms with Gasteiger partial charge >= 0.3 is 0 Å². The molecule has 1 unspecified atom stereocenters. The average molecular weight is 239 g/mol. The third kappa shape index (κ3) is 2.89. The van der Waals surface area contributed by atoms with Gasteiger partial charge in [-0.2, -0.15) is 0 Å². The maximum Gasteiger partial charge on any atom is 0.242 e. The van der Waals surface area contributed by atoms with Crippen LogP contribution in [0.25, 0.3) is 0 Å². The van der Waals surface area contributed by atoms with Crippen molar-refractivity contribution >= 4 is 23.2 Å². The van der Waals surface area contributed by atoms with Gasteiger partial charge in [-0.3, -0.25) is 4.79 Å². The third-order valence-electron chi connectivity index (χ3n) is 2.72. The van der Waals surface area contributed by atoms with Crippen LogP contribution < -0.4 is 10.6 Å². The molecule has 86 valence electrons. The van der Waals surface area contributed by atoms with Crippen molar-refractivity contribution in [1.82, 2.24) is 5.32 Å². The lowest BCUT2D eigenvalue weighted by atomic mass is 10.1. The predicted octanol–water partition coefficient (Wildman–Crippen LogP) is 2.42. The van der Waals surface area contributed by atoms with Gasteiger partial charge in [-0.05, 0) is 43.5 Å². The fraction of sp³-hybridized carbons (Fsp3) is 0.417. The molecule has 1 atom stereocenters. The highest BCUT2D eigenvalue weighted by molar-refractivity contribution is 6.30. The molecule has 2 N–H and O–H groups in total. The lowest BCUT2D eigenvalue weighted by molar-refractivity contribution is -0.121. The SMILES string of the molecule is O=C1NCCCCC1Nc1ccc(Cl)cc1. The first-order chi connectivity index (χ1) is 7.75. The molecule has 1 aromatic rings. The number of amides is 1. The molecule has 0 spiro atoms. The second-order valence-electron chi connectivity index (χ2n) is 3.99. The van der Waals surface area contributed by atoms with Crippen LogP contribution in [0.1, 0.15) is 19.3 Å². The molecule has 0 radical (unpaired) electrons. The molecule has 1 heterocycles. The van der Waals surface area contributed by atoms with Crippen LogP contribution in [-0.2, 0) is 4.79 Å². The number of rotatable bonds is 2. The minimum absolute atomic E-state index is 0.0902. The number of halogens is 1. The molecule has 1 aliphatic rings. The van der Waals surface area contributed by atoms with Gasteiger partial charge in [-0.1, -0.05) is 11.6 Å². The smallest absolute Gasteiger partial charge is 0.242 e. The average Bonchev–Trinajstić information content (AvgIpc) is 2.48. The van der Waals surface area contributed by atoms with Crippen LogP contribution >= 0.6 is 11.6 Å². The molecule has 4 heteroatoms. The molecule has 0 bridgehead atoms. The second-order valence-corrected chi connectivity index (χ2v) is 4.43. The van der Waals surface area contributed by atoms with E-state index in [4.69, 9.17) is 11.6 Å². The summed E-state index contributed by atoms with van der Waals surface area (Å²) in [7, 11) is 0. The number of carbonyl (C=O) groups is 1. The molecular formula is C12H15ClN2O. The second kappa shape index (κ2) is 5.21. The van der Waals surface area contributed by atoms with Gasteiger partial charge in [0.1, 0.15) is 6.04 Å². The Balaban J connectivity index is 2.02. The van der Waals surface area contributed by atoms with Crippen molar-refractivity contribution in [2.24, 2.45) is 0 Å². The molecule has 1 amide bonds. The van der Waals surface area contributed by atoms with Gasteiger partial charge in [0.25, 0.3) is 0 Å². The van der Waals surface area contributed by atoms with E-state index in [1.807, 2.05) is 24.3 Å². The third-order valence-corrected chi connectivity index (χ3v) is 2.97. The Bertz CT molecular complexity index is 364. The quantitative estimate of drug-likeness (QED) is 0.831. The van der Waals surface area contributed by atoms with Crippen molar-refractivity contribution in [2.75, 3.05) is 11.9 Å². The van der Waals surface area contributed by atoms with E-state index in [9.17, 15) is 4.79 Å². The van der Waals surface area contributed by atoms with Gasteiger partial charge in [-0.15, -0.1) is 0 Å². The van der Waals surface area contributed by atoms with Crippen LogP contribution in [0.2, 0.25) is 5.02 Å². The summed E-state index contributed by atoms with van der Waals surface area (Å²) in [6, 6.07) is 7.29. The van der Waals surface area contributed by atoms with Crippen molar-refractivity contribution in [2.45, 2.75) is 25.3 Å². The first-order valence-corrected chi connectivity index (χ1v) is 5.93. The zero-order valence-electron chi connectivity index (χ0n) is 9.00. The van der Waals surface area contributed by atoms with Crippen molar-refractivity contribution in [3.63, 3.8) is 0 Å². The highest BCUT2D eigenvalue weighted by Crippen LogP contribution is 2.16. The monoisotopic (exact) mass is 238 g/mol. The van der Waals surface area contributed by atoms with E-state index in [2.05, 4.69) is 10.6 Å². The first-order valence-electron chi connectivity index (χ1n) is 5.55. The predicted molar refractivity (Wildman–Crippen MR) is 65.7 cm³/mol. The van der Waals surface area contributed by atoms with Crippen molar-refractivity contribution in [3.05, 3.63) is 29.3 Å². The van der Waals surface area contributed by atoms with Gasteiger partial charge < -0.3 is 10.6 Å². The fourth-order valence-corrected chi connectivity index (χ4v) is 1.95. The van der Waals surface area contributed by atoms with Crippen LogP contribution in [0.15, 0.2) is 24.3 Å². The van der Waals surface area contributed by atoms with E-state index in [0.29, 0.717) is 5.02 Å². The molecular weight excluding hydrogens is 224 g/mol. The largest absolute Gasteiger partial charge is 0.374 e. The summed E-state index contributed by atoms with van der Waals surface area (Å²) >= 11 is 5.80. The van der Waals surface area contributed by atoms with Crippen LogP contribution in [0.3, 0.4) is 0 Å². The van der Waals surface area contributed by atoms with Crippen molar-refractivity contribution in [1.29, 1.82) is 0 Å². The minimum atomic E-state index is -0.122. The van der Waals surface area contributed by atoms with E-state index in [0.717, 1.165) is 31.5 Å². The molecule has 0 saturated carbocycles. The molecule has 0 aliphatic carbocycles. The maximum absolute atomic E-state index is 11.7. The Kier molecular flexibility index (Phi) is 3.67. The molecule has 1 aliphatic heterocycles. The zero-order valence-corrected chi connectivity index (χ0v) is 9.76. The molecule has 2 rings (SSSR count). The van der Waals surface area contributed by atoms with Crippen LogP contribution in [0.4, 0.5) is 5.69 Å². The summed E-state index contributed by atoms with van der Waals surface area (Å²) in [5.74, 6) is 0.0902. The molecule has 1 fully saturated rings. The van der Waals surface area contributed by atoms with E-state index >= 15 is 0 Å². The zero-order chi connectivity index (χ0) is 11.4. The molecule has 1 saturated heterocycles. The van der Waals surface area contributed by atoms with Gasteiger partial charge in [0.2, 0.25) is 5.91 Å². The Morgan fingerprint density at radius 3 is 2.75 bits per heavy atom. The summed E-state index contributed by atoms with van der Waals surface area (Å²) < 4.78 is 0. The van der Waals surface area contributed by atoms with Crippen LogP contribution in [0, 0.1) is 0 Å². The van der Waals surface area contributed by atoms with Crippen molar-refractivity contribution < 1.29 is 4.79 Å². The minimum Gasteiger partial charge on any atom is -0.374 e. The van der Waals surface area contributed by atoms with E-state index in [1.54, 1.807) is 0 Å². The topological polar surface area (TPSA) is 41.1 Å². The Morgan fingerprint density at radius 2 is 2.00 bits per heavy atom. The summed E-state index contributed by atoms with van der Waals surface area (Å²) in [5, 5.41) is 6.83. The van der Waals surface area contributed by atoms with E-state index < -0.39 is 0 Å². The number of carbonyl (C=O) groups excluding carboxylic acids is 1. The van der Waals surface area contributed by atoms with Gasteiger partial charge in [0, 0.05) is 17.3 Å². The summed E-state index contributed by atoms with van der Waals surface area (Å²) in [5.41, 5.74) is 0.937. The molecule has 16 heavy (non-hydrogen) atoms. The molecule has 0 aromatic heterocycles. The molecule has 3 nitrogen and oxygen atoms in total.